The molecule has 176 valence electrons. The van der Waals surface area contributed by atoms with Gasteiger partial charge in [-0.05, 0) is 49.7 Å². The number of ether oxygens (including phenoxy) is 1. The van der Waals surface area contributed by atoms with E-state index >= 15 is 0 Å². The van der Waals surface area contributed by atoms with Gasteiger partial charge in [0.25, 0.3) is 11.5 Å². The quantitative estimate of drug-likeness (QED) is 0.306. The van der Waals surface area contributed by atoms with Crippen LogP contribution in [-0.2, 0) is 16.8 Å². The first kappa shape index (κ1) is 23.3. The van der Waals surface area contributed by atoms with Crippen LogP contribution in [0.2, 0.25) is 0 Å². The van der Waals surface area contributed by atoms with E-state index in [0.29, 0.717) is 52.5 Å². The molecule has 1 aliphatic carbocycles. The molecule has 3 aromatic rings. The Balaban J connectivity index is 1.65. The Hall–Kier alpha value is -2.85. The highest BCUT2D eigenvalue weighted by Gasteiger charge is 2.39. The van der Waals surface area contributed by atoms with Crippen molar-refractivity contribution in [2.24, 2.45) is 0 Å². The summed E-state index contributed by atoms with van der Waals surface area (Å²) < 4.78 is 12.1. The fourth-order valence-electron chi connectivity index (χ4n) is 4.49. The van der Waals surface area contributed by atoms with Gasteiger partial charge in [-0.15, -0.1) is 0 Å². The topological polar surface area (TPSA) is 115 Å². The van der Waals surface area contributed by atoms with Crippen LogP contribution in [0.3, 0.4) is 0 Å². The van der Waals surface area contributed by atoms with Gasteiger partial charge < -0.3 is 19.6 Å². The molecule has 0 unspecified atom stereocenters. The van der Waals surface area contributed by atoms with E-state index in [9.17, 15) is 9.59 Å². The van der Waals surface area contributed by atoms with Crippen molar-refractivity contribution < 1.29 is 14.1 Å². The number of nitrogens with zero attached hydrogens (tertiary/aromatic N) is 3. The average Bonchev–Trinajstić information content (AvgIpc) is 3.10. The highest BCUT2D eigenvalue weighted by molar-refractivity contribution is 7.71. The molecule has 0 radical (unpaired) electrons. The summed E-state index contributed by atoms with van der Waals surface area (Å²) in [6.07, 6.45) is 6.34. The standard InChI is InChI=1S/C23H29N5O4S/c1-15-24-21(27-32-15)23(10-5-3-4-6-11-23)26-19(29)16-8-9-17-18(14-16)25-22(33)28(20(17)30)12-7-13-31-2/h8-9,14H,3-7,10-13H2,1-2H3,(H,25,33)(H,26,29). The van der Waals surface area contributed by atoms with Crippen LogP contribution in [0.4, 0.5) is 0 Å². The highest BCUT2D eigenvalue weighted by Crippen LogP contribution is 2.35. The van der Waals surface area contributed by atoms with Gasteiger partial charge in [-0.25, -0.2) is 0 Å². The van der Waals surface area contributed by atoms with Crippen molar-refractivity contribution in [2.45, 2.75) is 64.0 Å². The van der Waals surface area contributed by atoms with Crippen LogP contribution < -0.4 is 10.9 Å². The molecule has 1 saturated carbocycles. The van der Waals surface area contributed by atoms with E-state index in [1.807, 2.05) is 0 Å². The number of nitrogens with one attached hydrogen (secondary N) is 2. The van der Waals surface area contributed by atoms with Gasteiger partial charge in [0.15, 0.2) is 10.6 Å². The number of benzene rings is 1. The normalized spacial score (nSPS) is 15.9. The lowest BCUT2D eigenvalue weighted by Gasteiger charge is -2.30. The van der Waals surface area contributed by atoms with Gasteiger partial charge in [0, 0.05) is 32.7 Å². The van der Waals surface area contributed by atoms with Gasteiger partial charge in [0.05, 0.1) is 10.9 Å². The fourth-order valence-corrected chi connectivity index (χ4v) is 4.77. The summed E-state index contributed by atoms with van der Waals surface area (Å²) in [4.78, 5) is 33.8. The van der Waals surface area contributed by atoms with E-state index in [1.165, 1.54) is 4.57 Å². The summed E-state index contributed by atoms with van der Waals surface area (Å²) in [7, 11) is 1.62. The van der Waals surface area contributed by atoms with E-state index in [1.54, 1.807) is 32.2 Å². The van der Waals surface area contributed by atoms with Crippen LogP contribution in [0.5, 0.6) is 0 Å². The average molecular weight is 472 g/mol. The number of carbonyl (C=O) groups excluding carboxylic acids is 1. The van der Waals surface area contributed by atoms with Crippen molar-refractivity contribution in [2.75, 3.05) is 13.7 Å². The largest absolute Gasteiger partial charge is 0.385 e. The van der Waals surface area contributed by atoms with Gasteiger partial charge in [-0.2, -0.15) is 4.98 Å². The summed E-state index contributed by atoms with van der Waals surface area (Å²) in [5.74, 6) is 0.752. The first-order valence-electron chi connectivity index (χ1n) is 11.3. The molecule has 1 aromatic carbocycles. The molecule has 1 amide bonds. The molecular weight excluding hydrogens is 442 g/mol. The molecular formula is C23H29N5O4S. The number of hydrogen-bond donors (Lipinski definition) is 2. The zero-order chi connectivity index (χ0) is 23.4. The van der Waals surface area contributed by atoms with Gasteiger partial charge in [-0.3, -0.25) is 14.2 Å². The monoisotopic (exact) mass is 471 g/mol. The molecule has 0 spiro atoms. The van der Waals surface area contributed by atoms with Crippen molar-refractivity contribution in [3.05, 3.63) is 50.6 Å². The molecule has 0 saturated heterocycles. The van der Waals surface area contributed by atoms with E-state index in [-0.39, 0.29) is 11.5 Å². The van der Waals surface area contributed by atoms with Crippen molar-refractivity contribution in [3.63, 3.8) is 0 Å². The number of aryl methyl sites for hydroxylation is 1. The van der Waals surface area contributed by atoms with Gasteiger partial charge in [0.2, 0.25) is 5.89 Å². The van der Waals surface area contributed by atoms with E-state index in [4.69, 9.17) is 21.5 Å². The Bertz CT molecular complexity index is 1250. The van der Waals surface area contributed by atoms with Crippen LogP contribution in [0, 0.1) is 11.7 Å². The number of amides is 1. The van der Waals surface area contributed by atoms with Crippen molar-refractivity contribution >= 4 is 29.0 Å². The van der Waals surface area contributed by atoms with E-state index < -0.39 is 5.54 Å². The number of carbonyl (C=O) groups is 1. The lowest BCUT2D eigenvalue weighted by molar-refractivity contribution is 0.0877. The molecule has 1 fully saturated rings. The SMILES string of the molecule is COCCCn1c(=S)[nH]c2cc(C(=O)NC3(c4noc(C)n4)CCCCCC3)ccc2c1=O. The summed E-state index contributed by atoms with van der Waals surface area (Å²) >= 11 is 5.39. The number of fused-ring (bicyclic) bond motifs is 1. The smallest absolute Gasteiger partial charge is 0.262 e. The Morgan fingerprint density at radius 1 is 1.30 bits per heavy atom. The van der Waals surface area contributed by atoms with Gasteiger partial charge >= 0.3 is 0 Å². The number of hydrogen-bond acceptors (Lipinski definition) is 7. The summed E-state index contributed by atoms with van der Waals surface area (Å²) in [5, 5.41) is 7.82. The van der Waals surface area contributed by atoms with Crippen LogP contribution >= 0.6 is 12.2 Å². The van der Waals surface area contributed by atoms with E-state index in [0.717, 1.165) is 38.5 Å². The Labute approximate surface area is 196 Å². The third-order valence-corrected chi connectivity index (χ3v) is 6.56. The lowest BCUT2D eigenvalue weighted by Crippen LogP contribution is -2.46. The molecule has 2 heterocycles. The molecule has 33 heavy (non-hydrogen) atoms. The minimum Gasteiger partial charge on any atom is -0.385 e. The van der Waals surface area contributed by atoms with E-state index in [2.05, 4.69) is 20.4 Å². The summed E-state index contributed by atoms with van der Waals surface area (Å²) in [5.41, 5.74) is 0.122. The number of aromatic nitrogens is 4. The minimum atomic E-state index is -0.669. The molecule has 0 bridgehead atoms. The maximum atomic E-state index is 13.3. The number of aromatic amines is 1. The predicted octanol–water partition coefficient (Wildman–Crippen LogP) is 3.77. The molecule has 0 aliphatic heterocycles. The first-order valence-corrected chi connectivity index (χ1v) is 11.7. The van der Waals surface area contributed by atoms with Crippen LogP contribution in [0.25, 0.3) is 10.9 Å². The predicted molar refractivity (Wildman–Crippen MR) is 126 cm³/mol. The third kappa shape index (κ3) is 4.91. The molecule has 2 N–H and O–H groups in total. The van der Waals surface area contributed by atoms with Crippen molar-refractivity contribution in [1.82, 2.24) is 25.0 Å². The summed E-state index contributed by atoms with van der Waals surface area (Å²) in [6, 6.07) is 5.01. The molecule has 4 rings (SSSR count). The van der Waals surface area contributed by atoms with Crippen molar-refractivity contribution in [3.8, 4) is 0 Å². The molecule has 2 aromatic heterocycles. The van der Waals surface area contributed by atoms with Crippen molar-refractivity contribution in [1.29, 1.82) is 0 Å². The Morgan fingerprint density at radius 2 is 2.06 bits per heavy atom. The minimum absolute atomic E-state index is 0.181. The first-order chi connectivity index (χ1) is 15.9. The summed E-state index contributed by atoms with van der Waals surface area (Å²) in [6.45, 7) is 2.75. The third-order valence-electron chi connectivity index (χ3n) is 6.24. The van der Waals surface area contributed by atoms with Gasteiger partial charge in [-0.1, -0.05) is 30.8 Å². The number of rotatable bonds is 7. The van der Waals surface area contributed by atoms with Crippen LogP contribution in [-0.4, -0.2) is 39.3 Å². The second-order valence-electron chi connectivity index (χ2n) is 8.58. The van der Waals surface area contributed by atoms with Crippen LogP contribution in [0.1, 0.15) is 67.0 Å². The molecule has 0 atom stereocenters. The number of H-pyrrole nitrogens is 1. The molecule has 10 heteroatoms. The second-order valence-corrected chi connectivity index (χ2v) is 8.97. The molecule has 1 aliphatic rings. The van der Waals surface area contributed by atoms with Gasteiger partial charge in [0.1, 0.15) is 5.54 Å². The zero-order valence-corrected chi connectivity index (χ0v) is 19.8. The zero-order valence-electron chi connectivity index (χ0n) is 19.0. The lowest BCUT2D eigenvalue weighted by atomic mass is 9.88. The molecule has 9 nitrogen and oxygen atoms in total. The second kappa shape index (κ2) is 9.96. The Morgan fingerprint density at radius 3 is 2.73 bits per heavy atom. The number of methoxy groups -OCH3 is 1. The fraction of sp³-hybridized carbons (Fsp3) is 0.522. The van der Waals surface area contributed by atoms with Crippen LogP contribution in [0.15, 0.2) is 27.5 Å². The maximum absolute atomic E-state index is 13.3. The highest BCUT2D eigenvalue weighted by atomic mass is 32.1. The Kier molecular flexibility index (Phi) is 7.04. The maximum Gasteiger partial charge on any atom is 0.262 e.